The minimum Gasteiger partial charge on any atom is -0.450 e. The molecule has 21 heavy (non-hydrogen) atoms. The first kappa shape index (κ1) is 13.6. The number of nitrogens with zero attached hydrogens (tertiary/aromatic N) is 1. The molecule has 3 nitrogen and oxygen atoms in total. The number of fused-ring (bicyclic) bond motifs is 1. The molecule has 0 saturated carbocycles. The Morgan fingerprint density at radius 2 is 1.86 bits per heavy atom. The number of para-hydroxylation sites is 1. The molecule has 0 unspecified atom stereocenters. The molecule has 0 amide bonds. The van der Waals surface area contributed by atoms with E-state index in [1.165, 1.54) is 10.2 Å². The maximum atomic E-state index is 5.88. The molecule has 0 radical (unpaired) electrons. The number of benzene rings is 2. The van der Waals surface area contributed by atoms with Crippen molar-refractivity contribution >= 4 is 33.0 Å². The Kier molecular flexibility index (Phi) is 3.62. The van der Waals surface area contributed by atoms with E-state index in [0.29, 0.717) is 5.76 Å². The summed E-state index contributed by atoms with van der Waals surface area (Å²) in [4.78, 5) is 0. The minimum absolute atomic E-state index is 0.663. The lowest BCUT2D eigenvalue weighted by Crippen LogP contribution is -2.30. The van der Waals surface area contributed by atoms with Gasteiger partial charge in [0, 0.05) is 18.8 Å². The van der Waals surface area contributed by atoms with Gasteiger partial charge in [-0.1, -0.05) is 23.5 Å². The fraction of sp³-hybridized carbons (Fsp3) is 0.118. The van der Waals surface area contributed by atoms with E-state index in [1.54, 1.807) is 11.3 Å². The van der Waals surface area contributed by atoms with Crippen molar-refractivity contribution in [2.45, 2.75) is 0 Å². The van der Waals surface area contributed by atoms with Crippen molar-refractivity contribution in [3.63, 3.8) is 0 Å². The van der Waals surface area contributed by atoms with Crippen LogP contribution in [0.2, 0.25) is 0 Å². The summed E-state index contributed by atoms with van der Waals surface area (Å²) in [5, 5.41) is 4.11. The minimum atomic E-state index is 0.663. The van der Waals surface area contributed by atoms with Crippen LogP contribution in [-0.4, -0.2) is 7.05 Å². The number of aromatic nitrogens is 1. The molecule has 3 rings (SSSR count). The van der Waals surface area contributed by atoms with Crippen molar-refractivity contribution in [2.75, 3.05) is 12.4 Å². The van der Waals surface area contributed by atoms with Crippen LogP contribution in [0.5, 0.6) is 5.75 Å². The van der Waals surface area contributed by atoms with Gasteiger partial charge in [0.15, 0.2) is 0 Å². The quantitative estimate of drug-likeness (QED) is 0.585. The fourth-order valence-corrected chi connectivity index (χ4v) is 3.28. The molecule has 0 fully saturated rings. The summed E-state index contributed by atoms with van der Waals surface area (Å²) in [6.07, 6.45) is 0. The number of hydrogen-bond donors (Lipinski definition) is 1. The number of thiazole rings is 1. The predicted octanol–water partition coefficient (Wildman–Crippen LogP) is 3.82. The average Bonchev–Trinajstić information content (AvgIpc) is 2.86. The van der Waals surface area contributed by atoms with Crippen LogP contribution in [-0.2, 0) is 7.05 Å². The summed E-state index contributed by atoms with van der Waals surface area (Å²) in [6.45, 7) is 4.07. The fourth-order valence-electron chi connectivity index (χ4n) is 2.22. The largest absolute Gasteiger partial charge is 0.450 e. The second-order valence-electron chi connectivity index (χ2n) is 4.73. The zero-order valence-electron chi connectivity index (χ0n) is 12.1. The van der Waals surface area contributed by atoms with Crippen molar-refractivity contribution in [3.05, 3.63) is 60.1 Å². The van der Waals surface area contributed by atoms with E-state index in [2.05, 4.69) is 28.6 Å². The molecule has 0 atom stereocenters. The summed E-state index contributed by atoms with van der Waals surface area (Å²) in [5.41, 5.74) is 2.24. The molecule has 0 aliphatic carbocycles. The Morgan fingerprint density at radius 1 is 1.14 bits per heavy atom. The second-order valence-corrected chi connectivity index (χ2v) is 5.76. The van der Waals surface area contributed by atoms with Crippen LogP contribution in [0.1, 0.15) is 5.01 Å². The molecule has 2 aromatic carbocycles. The molecule has 106 valence electrons. The van der Waals surface area contributed by atoms with Gasteiger partial charge >= 0.3 is 5.01 Å². The Balaban J connectivity index is 1.87. The molecule has 0 aliphatic rings. The molecule has 0 saturated heterocycles. The maximum Gasteiger partial charge on any atom is 0.305 e. The topological polar surface area (TPSA) is 25.1 Å². The van der Waals surface area contributed by atoms with Gasteiger partial charge in [0.05, 0.1) is 0 Å². The molecule has 3 aromatic rings. The third-order valence-electron chi connectivity index (χ3n) is 3.36. The van der Waals surface area contributed by atoms with E-state index in [1.807, 2.05) is 50.5 Å². The van der Waals surface area contributed by atoms with Crippen molar-refractivity contribution in [2.24, 2.45) is 7.05 Å². The van der Waals surface area contributed by atoms with Crippen LogP contribution in [0, 0.1) is 0 Å². The van der Waals surface area contributed by atoms with Gasteiger partial charge in [-0.25, -0.2) is 0 Å². The molecule has 0 bridgehead atoms. The monoisotopic (exact) mass is 297 g/mol. The van der Waals surface area contributed by atoms with Crippen LogP contribution < -0.4 is 14.6 Å². The highest BCUT2D eigenvalue weighted by atomic mass is 32.1. The third kappa shape index (κ3) is 2.62. The maximum absolute atomic E-state index is 5.88. The van der Waals surface area contributed by atoms with Crippen LogP contribution in [0.3, 0.4) is 0 Å². The smallest absolute Gasteiger partial charge is 0.305 e. The van der Waals surface area contributed by atoms with E-state index in [9.17, 15) is 0 Å². The van der Waals surface area contributed by atoms with Gasteiger partial charge in [-0.2, -0.15) is 4.57 Å². The second kappa shape index (κ2) is 5.58. The zero-order chi connectivity index (χ0) is 14.8. The molecule has 4 heteroatoms. The van der Waals surface area contributed by atoms with Gasteiger partial charge in [-0.3, -0.25) is 0 Å². The Labute approximate surface area is 128 Å². The summed E-state index contributed by atoms with van der Waals surface area (Å²) in [7, 11) is 3.93. The number of ether oxygens (including phenoxy) is 1. The van der Waals surface area contributed by atoms with Crippen LogP contribution in [0.15, 0.2) is 55.1 Å². The van der Waals surface area contributed by atoms with Crippen molar-refractivity contribution in [3.8, 4) is 5.75 Å². The SMILES string of the molecule is C=C(Oc1ccc(NC)cc1)c1sc2ccccc2[n+]1C. The van der Waals surface area contributed by atoms with Crippen molar-refractivity contribution in [1.29, 1.82) is 0 Å². The highest BCUT2D eigenvalue weighted by Gasteiger charge is 2.20. The van der Waals surface area contributed by atoms with Crippen LogP contribution in [0.25, 0.3) is 16.0 Å². The Morgan fingerprint density at radius 3 is 2.52 bits per heavy atom. The van der Waals surface area contributed by atoms with Crippen LogP contribution in [0.4, 0.5) is 5.69 Å². The molecule has 1 N–H and O–H groups in total. The Bertz CT molecular complexity index is 790. The van der Waals surface area contributed by atoms with E-state index < -0.39 is 0 Å². The average molecular weight is 297 g/mol. The van der Waals surface area contributed by atoms with E-state index in [4.69, 9.17) is 4.74 Å². The predicted molar refractivity (Wildman–Crippen MR) is 88.7 cm³/mol. The number of anilines is 1. The summed E-state index contributed by atoms with van der Waals surface area (Å²) in [5.74, 6) is 1.45. The Hall–Kier alpha value is -2.33. The summed E-state index contributed by atoms with van der Waals surface area (Å²) in [6, 6.07) is 16.1. The van der Waals surface area contributed by atoms with Gasteiger partial charge < -0.3 is 10.1 Å². The van der Waals surface area contributed by atoms with Crippen molar-refractivity contribution in [1.82, 2.24) is 0 Å². The van der Waals surface area contributed by atoms with Gasteiger partial charge in [0.1, 0.15) is 17.5 Å². The van der Waals surface area contributed by atoms with Gasteiger partial charge in [0.2, 0.25) is 11.3 Å². The number of nitrogens with one attached hydrogen (secondary N) is 1. The zero-order valence-corrected chi connectivity index (χ0v) is 12.9. The number of aryl methyl sites for hydroxylation is 1. The van der Waals surface area contributed by atoms with E-state index >= 15 is 0 Å². The first-order valence-corrected chi connectivity index (χ1v) is 7.53. The summed E-state index contributed by atoms with van der Waals surface area (Å²) >= 11 is 1.68. The van der Waals surface area contributed by atoms with Gasteiger partial charge in [0.25, 0.3) is 0 Å². The molecular formula is C17H17N2OS+. The summed E-state index contributed by atoms with van der Waals surface area (Å²) < 4.78 is 9.22. The van der Waals surface area contributed by atoms with Gasteiger partial charge in [-0.15, -0.1) is 0 Å². The van der Waals surface area contributed by atoms with E-state index in [-0.39, 0.29) is 0 Å². The number of rotatable bonds is 4. The van der Waals surface area contributed by atoms with Crippen LogP contribution >= 0.6 is 11.3 Å². The highest BCUT2D eigenvalue weighted by Crippen LogP contribution is 2.26. The molecule has 1 aromatic heterocycles. The first-order valence-electron chi connectivity index (χ1n) is 6.71. The standard InChI is InChI=1S/C17H17N2OS/c1-12(20-14-10-8-13(18-2)9-11-14)17-19(3)15-6-4-5-7-16(15)21-17/h4-11,18H,1H2,2-3H3/q+1. The highest BCUT2D eigenvalue weighted by molar-refractivity contribution is 7.19. The molecule has 0 spiro atoms. The molecular weight excluding hydrogens is 280 g/mol. The van der Waals surface area contributed by atoms with E-state index in [0.717, 1.165) is 16.4 Å². The van der Waals surface area contributed by atoms with Gasteiger partial charge in [-0.05, 0) is 36.9 Å². The molecule has 0 aliphatic heterocycles. The third-order valence-corrected chi connectivity index (χ3v) is 4.62. The first-order chi connectivity index (χ1) is 10.2. The lowest BCUT2D eigenvalue weighted by molar-refractivity contribution is -0.643. The van der Waals surface area contributed by atoms with Crippen molar-refractivity contribution < 1.29 is 9.30 Å². The normalized spacial score (nSPS) is 10.6. The number of hydrogen-bond acceptors (Lipinski definition) is 3. The molecule has 1 heterocycles. The lowest BCUT2D eigenvalue weighted by Gasteiger charge is -2.06. The lowest BCUT2D eigenvalue weighted by atomic mass is 10.3.